The van der Waals surface area contributed by atoms with E-state index in [-0.39, 0.29) is 10.8 Å². The van der Waals surface area contributed by atoms with Gasteiger partial charge in [0.1, 0.15) is 11.5 Å². The van der Waals surface area contributed by atoms with Crippen molar-refractivity contribution in [1.29, 1.82) is 0 Å². The average molecular weight is 256 g/mol. The van der Waals surface area contributed by atoms with Crippen LogP contribution in [0.4, 0.5) is 0 Å². The van der Waals surface area contributed by atoms with Crippen molar-refractivity contribution < 1.29 is 4.74 Å². The minimum Gasteiger partial charge on any atom is -0.457 e. The first-order chi connectivity index (χ1) is 8.71. The molecule has 1 heteroatoms. The van der Waals surface area contributed by atoms with Crippen LogP contribution < -0.4 is 4.74 Å². The van der Waals surface area contributed by atoms with Crippen molar-refractivity contribution in [3.8, 4) is 5.75 Å². The predicted molar refractivity (Wildman–Crippen MR) is 81.3 cm³/mol. The Balaban J connectivity index is 2.28. The second-order valence-corrected chi connectivity index (χ2v) is 6.69. The van der Waals surface area contributed by atoms with Crippen LogP contribution in [0.5, 0.6) is 5.75 Å². The third-order valence-electron chi connectivity index (χ3n) is 4.40. The Labute approximate surface area is 117 Å². The SMILES string of the molecule is Cc1ccc(C)c(OC2=CC(C)(C)C(C)(C)C=C2)c1. The molecule has 0 N–H and O–H groups in total. The van der Waals surface area contributed by atoms with E-state index in [2.05, 4.69) is 78.0 Å². The summed E-state index contributed by atoms with van der Waals surface area (Å²) in [7, 11) is 0. The van der Waals surface area contributed by atoms with E-state index in [0.29, 0.717) is 0 Å². The second-order valence-electron chi connectivity index (χ2n) is 6.69. The summed E-state index contributed by atoms with van der Waals surface area (Å²) in [6.45, 7) is 13.2. The minimum absolute atomic E-state index is 0.0921. The molecule has 1 nitrogen and oxygen atoms in total. The van der Waals surface area contributed by atoms with Crippen molar-refractivity contribution in [3.63, 3.8) is 0 Å². The van der Waals surface area contributed by atoms with Gasteiger partial charge in [-0.15, -0.1) is 0 Å². The summed E-state index contributed by atoms with van der Waals surface area (Å²) in [6.07, 6.45) is 6.56. The zero-order valence-corrected chi connectivity index (χ0v) is 12.9. The van der Waals surface area contributed by atoms with Gasteiger partial charge in [-0.3, -0.25) is 0 Å². The molecule has 1 aliphatic carbocycles. The Morgan fingerprint density at radius 3 is 2.26 bits per heavy atom. The molecule has 0 aliphatic heterocycles. The molecule has 0 unspecified atom stereocenters. The van der Waals surface area contributed by atoms with Crippen molar-refractivity contribution in [3.05, 3.63) is 53.3 Å². The van der Waals surface area contributed by atoms with Crippen LogP contribution >= 0.6 is 0 Å². The number of aryl methyl sites for hydroxylation is 2. The van der Waals surface area contributed by atoms with Crippen molar-refractivity contribution in [2.24, 2.45) is 10.8 Å². The monoisotopic (exact) mass is 256 g/mol. The number of rotatable bonds is 2. The standard InChI is InChI=1S/C18H24O/c1-13-7-8-14(2)16(11-13)19-15-9-10-17(3,4)18(5,6)12-15/h7-12H,1-6H3. The van der Waals surface area contributed by atoms with E-state index in [0.717, 1.165) is 11.5 Å². The van der Waals surface area contributed by atoms with Crippen LogP contribution in [0.25, 0.3) is 0 Å². The second kappa shape index (κ2) is 4.56. The van der Waals surface area contributed by atoms with E-state index in [4.69, 9.17) is 4.74 Å². The van der Waals surface area contributed by atoms with E-state index >= 15 is 0 Å². The van der Waals surface area contributed by atoms with Crippen LogP contribution in [0.2, 0.25) is 0 Å². The van der Waals surface area contributed by atoms with Crippen LogP contribution in [-0.2, 0) is 0 Å². The Hall–Kier alpha value is -1.50. The number of allylic oxidation sites excluding steroid dienone is 3. The molecule has 0 bridgehead atoms. The van der Waals surface area contributed by atoms with Crippen molar-refractivity contribution in [1.82, 2.24) is 0 Å². The highest BCUT2D eigenvalue weighted by atomic mass is 16.5. The molecule has 0 radical (unpaired) electrons. The van der Waals surface area contributed by atoms with Crippen molar-refractivity contribution >= 4 is 0 Å². The molecule has 2 rings (SSSR count). The third kappa shape index (κ3) is 2.75. The molecule has 0 fully saturated rings. The van der Waals surface area contributed by atoms with E-state index in [1.54, 1.807) is 0 Å². The lowest BCUT2D eigenvalue weighted by Gasteiger charge is -2.40. The molecular weight excluding hydrogens is 232 g/mol. The quantitative estimate of drug-likeness (QED) is 0.707. The van der Waals surface area contributed by atoms with Crippen LogP contribution in [0.1, 0.15) is 38.8 Å². The largest absolute Gasteiger partial charge is 0.457 e. The maximum absolute atomic E-state index is 6.07. The highest BCUT2D eigenvalue weighted by Gasteiger charge is 2.35. The lowest BCUT2D eigenvalue weighted by atomic mass is 9.65. The molecule has 0 saturated heterocycles. The van der Waals surface area contributed by atoms with Gasteiger partial charge in [-0.2, -0.15) is 0 Å². The summed E-state index contributed by atoms with van der Waals surface area (Å²) >= 11 is 0. The molecule has 0 heterocycles. The lowest BCUT2D eigenvalue weighted by molar-refractivity contribution is 0.218. The van der Waals surface area contributed by atoms with E-state index in [9.17, 15) is 0 Å². The summed E-state index contributed by atoms with van der Waals surface area (Å²) in [5.74, 6) is 1.89. The molecule has 1 aliphatic rings. The summed E-state index contributed by atoms with van der Waals surface area (Å²) in [5, 5.41) is 0. The summed E-state index contributed by atoms with van der Waals surface area (Å²) in [6, 6.07) is 6.31. The fourth-order valence-corrected chi connectivity index (χ4v) is 2.10. The first kappa shape index (κ1) is 13.9. The Morgan fingerprint density at radius 1 is 0.947 bits per heavy atom. The Morgan fingerprint density at radius 2 is 1.63 bits per heavy atom. The fraction of sp³-hybridized carbons (Fsp3) is 0.444. The maximum Gasteiger partial charge on any atom is 0.130 e. The third-order valence-corrected chi connectivity index (χ3v) is 4.40. The van der Waals surface area contributed by atoms with Gasteiger partial charge in [0.2, 0.25) is 0 Å². The number of hydrogen-bond acceptors (Lipinski definition) is 1. The Kier molecular flexibility index (Phi) is 3.34. The van der Waals surface area contributed by atoms with Crippen LogP contribution in [0.15, 0.2) is 42.2 Å². The number of ether oxygens (including phenoxy) is 1. The highest BCUT2D eigenvalue weighted by Crippen LogP contribution is 2.44. The van der Waals surface area contributed by atoms with Gasteiger partial charge < -0.3 is 4.74 Å². The summed E-state index contributed by atoms with van der Waals surface area (Å²) < 4.78 is 6.07. The smallest absolute Gasteiger partial charge is 0.130 e. The van der Waals surface area contributed by atoms with Gasteiger partial charge in [-0.25, -0.2) is 0 Å². The molecule has 0 aromatic heterocycles. The van der Waals surface area contributed by atoms with Gasteiger partial charge in [0, 0.05) is 0 Å². The zero-order valence-electron chi connectivity index (χ0n) is 12.9. The van der Waals surface area contributed by atoms with Crippen LogP contribution in [0.3, 0.4) is 0 Å². The molecule has 1 aromatic carbocycles. The van der Waals surface area contributed by atoms with E-state index < -0.39 is 0 Å². The molecule has 0 spiro atoms. The van der Waals surface area contributed by atoms with Gasteiger partial charge in [-0.1, -0.05) is 45.9 Å². The van der Waals surface area contributed by atoms with Gasteiger partial charge in [-0.05, 0) is 54.0 Å². The molecule has 102 valence electrons. The first-order valence-corrected chi connectivity index (χ1v) is 6.88. The van der Waals surface area contributed by atoms with Gasteiger partial charge in [0.05, 0.1) is 0 Å². The number of benzene rings is 1. The summed E-state index contributed by atoms with van der Waals surface area (Å²) in [5.41, 5.74) is 2.64. The average Bonchev–Trinajstić information content (AvgIpc) is 2.29. The number of hydrogen-bond donors (Lipinski definition) is 0. The van der Waals surface area contributed by atoms with Crippen LogP contribution in [-0.4, -0.2) is 0 Å². The van der Waals surface area contributed by atoms with E-state index in [1.165, 1.54) is 11.1 Å². The molecule has 0 saturated carbocycles. The molecular formula is C18H24O. The predicted octanol–water partition coefficient (Wildman–Crippen LogP) is 5.19. The molecule has 0 atom stereocenters. The van der Waals surface area contributed by atoms with Gasteiger partial charge >= 0.3 is 0 Å². The molecule has 0 amide bonds. The van der Waals surface area contributed by atoms with Gasteiger partial charge in [0.15, 0.2) is 0 Å². The fourth-order valence-electron chi connectivity index (χ4n) is 2.10. The topological polar surface area (TPSA) is 9.23 Å². The van der Waals surface area contributed by atoms with Crippen molar-refractivity contribution in [2.75, 3.05) is 0 Å². The van der Waals surface area contributed by atoms with Crippen molar-refractivity contribution in [2.45, 2.75) is 41.5 Å². The molecule has 1 aromatic rings. The zero-order chi connectivity index (χ0) is 14.3. The normalized spacial score (nSPS) is 20.0. The maximum atomic E-state index is 6.07. The van der Waals surface area contributed by atoms with Gasteiger partial charge in [0.25, 0.3) is 0 Å². The summed E-state index contributed by atoms with van der Waals surface area (Å²) in [4.78, 5) is 0. The lowest BCUT2D eigenvalue weighted by Crippen LogP contribution is -2.31. The van der Waals surface area contributed by atoms with E-state index in [1.807, 2.05) is 0 Å². The first-order valence-electron chi connectivity index (χ1n) is 6.88. The molecule has 19 heavy (non-hydrogen) atoms. The minimum atomic E-state index is 0.0921. The Bertz CT molecular complexity index is 545. The van der Waals surface area contributed by atoms with Crippen LogP contribution in [0, 0.1) is 24.7 Å². The highest BCUT2D eigenvalue weighted by molar-refractivity contribution is 5.39.